The van der Waals surface area contributed by atoms with Gasteiger partial charge in [0.15, 0.2) is 11.6 Å². The molecule has 196 valence electrons. The second-order valence-electron chi connectivity index (χ2n) is 10.2. The lowest BCUT2D eigenvalue weighted by Crippen LogP contribution is -2.44. The van der Waals surface area contributed by atoms with Crippen LogP contribution in [-0.2, 0) is 0 Å². The molecule has 0 saturated carbocycles. The van der Waals surface area contributed by atoms with Crippen LogP contribution in [0, 0.1) is 17.6 Å². The topological polar surface area (TPSA) is 32.8 Å². The van der Waals surface area contributed by atoms with Crippen molar-refractivity contribution >= 4 is 5.91 Å². The quantitative estimate of drug-likeness (QED) is 0.393. The van der Waals surface area contributed by atoms with Crippen molar-refractivity contribution in [3.63, 3.8) is 0 Å². The standard InChI is InChI=1S/C29H37F3N2O2/c1-3-29(32,4-2)20-33-15-11-21(12-16-33)19-36-27-10-8-22(17-26(27)31)24-9-7-23(18-25(24)30)28(35)34-13-5-6-14-34/h7-10,17-18,21H,3-6,11-16,19-20H2,1-2H3. The molecule has 2 heterocycles. The van der Waals surface area contributed by atoms with E-state index in [1.807, 2.05) is 13.8 Å². The van der Waals surface area contributed by atoms with E-state index >= 15 is 0 Å². The first kappa shape index (κ1) is 26.5. The Labute approximate surface area is 212 Å². The Kier molecular flexibility index (Phi) is 8.60. The molecule has 0 N–H and O–H groups in total. The highest BCUT2D eigenvalue weighted by molar-refractivity contribution is 5.95. The van der Waals surface area contributed by atoms with Crippen LogP contribution in [0.4, 0.5) is 13.2 Å². The highest BCUT2D eigenvalue weighted by Gasteiger charge is 2.30. The maximum Gasteiger partial charge on any atom is 0.253 e. The summed E-state index contributed by atoms with van der Waals surface area (Å²) in [5.74, 6) is -0.839. The summed E-state index contributed by atoms with van der Waals surface area (Å²) in [6.07, 6.45) is 4.75. The second-order valence-corrected chi connectivity index (χ2v) is 10.2. The molecule has 4 nitrogen and oxygen atoms in total. The van der Waals surface area contributed by atoms with Crippen LogP contribution < -0.4 is 4.74 Å². The molecular formula is C29H37F3N2O2. The fourth-order valence-electron chi connectivity index (χ4n) is 5.16. The maximum atomic E-state index is 14.8. The monoisotopic (exact) mass is 502 g/mol. The second kappa shape index (κ2) is 11.7. The van der Waals surface area contributed by atoms with E-state index in [1.165, 1.54) is 24.3 Å². The number of rotatable bonds is 9. The van der Waals surface area contributed by atoms with Crippen molar-refractivity contribution in [3.05, 3.63) is 53.6 Å². The lowest BCUT2D eigenvalue weighted by Gasteiger charge is -2.36. The highest BCUT2D eigenvalue weighted by atomic mass is 19.1. The fraction of sp³-hybridized carbons (Fsp3) is 0.552. The van der Waals surface area contributed by atoms with Gasteiger partial charge in [0.1, 0.15) is 11.5 Å². The Morgan fingerprint density at radius 3 is 2.28 bits per heavy atom. The van der Waals surface area contributed by atoms with E-state index < -0.39 is 17.3 Å². The first-order chi connectivity index (χ1) is 17.3. The van der Waals surface area contributed by atoms with Crippen molar-refractivity contribution in [1.29, 1.82) is 0 Å². The minimum atomic E-state index is -1.13. The summed E-state index contributed by atoms with van der Waals surface area (Å²) in [4.78, 5) is 16.4. The molecule has 0 aromatic heterocycles. The van der Waals surface area contributed by atoms with Crippen molar-refractivity contribution in [1.82, 2.24) is 9.80 Å². The van der Waals surface area contributed by atoms with Crippen molar-refractivity contribution < 1.29 is 22.7 Å². The number of carbonyl (C=O) groups excluding carboxylic acids is 1. The molecule has 2 aromatic rings. The number of benzene rings is 2. The zero-order valence-electron chi connectivity index (χ0n) is 21.4. The van der Waals surface area contributed by atoms with Gasteiger partial charge in [-0.25, -0.2) is 13.2 Å². The zero-order chi connectivity index (χ0) is 25.7. The Bertz CT molecular complexity index is 1040. The summed E-state index contributed by atoms with van der Waals surface area (Å²) in [7, 11) is 0. The van der Waals surface area contributed by atoms with Crippen LogP contribution in [0.1, 0.15) is 62.7 Å². The fourth-order valence-corrected chi connectivity index (χ4v) is 5.16. The number of nitrogens with zero attached hydrogens (tertiary/aromatic N) is 2. The zero-order valence-corrected chi connectivity index (χ0v) is 21.4. The molecule has 0 aliphatic carbocycles. The van der Waals surface area contributed by atoms with Crippen LogP contribution in [-0.4, -0.2) is 60.7 Å². The van der Waals surface area contributed by atoms with Gasteiger partial charge in [0.25, 0.3) is 5.91 Å². The van der Waals surface area contributed by atoms with Gasteiger partial charge in [-0.1, -0.05) is 26.0 Å². The summed E-state index contributed by atoms with van der Waals surface area (Å²) < 4.78 is 50.1. The molecule has 2 saturated heterocycles. The molecule has 0 radical (unpaired) electrons. The third-order valence-electron chi connectivity index (χ3n) is 7.81. The van der Waals surface area contributed by atoms with Crippen LogP contribution >= 0.6 is 0 Å². The number of alkyl halides is 1. The van der Waals surface area contributed by atoms with Gasteiger partial charge >= 0.3 is 0 Å². The molecule has 2 aromatic carbocycles. The Morgan fingerprint density at radius 2 is 1.67 bits per heavy atom. The van der Waals surface area contributed by atoms with Gasteiger partial charge in [0, 0.05) is 30.8 Å². The van der Waals surface area contributed by atoms with E-state index in [4.69, 9.17) is 4.74 Å². The summed E-state index contributed by atoms with van der Waals surface area (Å²) >= 11 is 0. The molecule has 36 heavy (non-hydrogen) atoms. The molecule has 0 bridgehead atoms. The van der Waals surface area contributed by atoms with E-state index in [1.54, 1.807) is 17.0 Å². The first-order valence-electron chi connectivity index (χ1n) is 13.2. The molecular weight excluding hydrogens is 465 g/mol. The van der Waals surface area contributed by atoms with Gasteiger partial charge < -0.3 is 14.5 Å². The number of amides is 1. The van der Waals surface area contributed by atoms with Crippen LogP contribution in [0.3, 0.4) is 0 Å². The minimum Gasteiger partial charge on any atom is -0.490 e. The van der Waals surface area contributed by atoms with Gasteiger partial charge in [-0.05, 0) is 87.4 Å². The molecule has 0 unspecified atom stereocenters. The molecule has 4 rings (SSSR count). The summed E-state index contributed by atoms with van der Waals surface area (Å²) in [5, 5.41) is 0. The normalized spacial score (nSPS) is 17.5. The summed E-state index contributed by atoms with van der Waals surface area (Å²) in [6, 6.07) is 8.81. The van der Waals surface area contributed by atoms with Crippen LogP contribution in [0.5, 0.6) is 5.75 Å². The van der Waals surface area contributed by atoms with E-state index in [-0.39, 0.29) is 23.1 Å². The number of hydrogen-bond acceptors (Lipinski definition) is 3. The van der Waals surface area contributed by atoms with Gasteiger partial charge in [-0.15, -0.1) is 0 Å². The Morgan fingerprint density at radius 1 is 0.972 bits per heavy atom. The predicted molar refractivity (Wildman–Crippen MR) is 136 cm³/mol. The van der Waals surface area contributed by atoms with Crippen molar-refractivity contribution in [2.24, 2.45) is 5.92 Å². The van der Waals surface area contributed by atoms with Crippen molar-refractivity contribution in [3.8, 4) is 16.9 Å². The largest absolute Gasteiger partial charge is 0.490 e. The number of carbonyl (C=O) groups is 1. The average Bonchev–Trinajstić information content (AvgIpc) is 3.43. The van der Waals surface area contributed by atoms with Crippen molar-refractivity contribution in [2.75, 3.05) is 39.3 Å². The van der Waals surface area contributed by atoms with E-state index in [0.29, 0.717) is 50.2 Å². The first-order valence-corrected chi connectivity index (χ1v) is 13.2. The maximum absolute atomic E-state index is 14.8. The number of piperidine rings is 1. The summed E-state index contributed by atoms with van der Waals surface area (Å²) in [6.45, 7) is 7.68. The third kappa shape index (κ3) is 6.23. The lowest BCUT2D eigenvalue weighted by atomic mass is 9.94. The SMILES string of the molecule is CCC(F)(CC)CN1CCC(COc2ccc(-c3ccc(C(=O)N4CCCC4)cc3F)cc2F)CC1. The Balaban J connectivity index is 1.32. The van der Waals surface area contributed by atoms with Gasteiger partial charge in [-0.3, -0.25) is 4.79 Å². The van der Waals surface area contributed by atoms with E-state index in [2.05, 4.69) is 4.90 Å². The minimum absolute atomic E-state index is 0.141. The van der Waals surface area contributed by atoms with Gasteiger partial charge in [0.2, 0.25) is 0 Å². The summed E-state index contributed by atoms with van der Waals surface area (Å²) in [5.41, 5.74) is -0.176. The average molecular weight is 503 g/mol. The van der Waals surface area contributed by atoms with Gasteiger partial charge in [0.05, 0.1) is 6.61 Å². The molecule has 2 aliphatic heterocycles. The van der Waals surface area contributed by atoms with E-state index in [0.717, 1.165) is 38.8 Å². The lowest BCUT2D eigenvalue weighted by molar-refractivity contribution is 0.0565. The van der Waals surface area contributed by atoms with Crippen LogP contribution in [0.2, 0.25) is 0 Å². The number of likely N-dealkylation sites (tertiary alicyclic amines) is 2. The van der Waals surface area contributed by atoms with Crippen LogP contribution in [0.25, 0.3) is 11.1 Å². The number of hydrogen-bond donors (Lipinski definition) is 0. The molecule has 2 fully saturated rings. The molecule has 0 spiro atoms. The van der Waals surface area contributed by atoms with Crippen LogP contribution in [0.15, 0.2) is 36.4 Å². The third-order valence-corrected chi connectivity index (χ3v) is 7.81. The molecule has 0 atom stereocenters. The molecule has 1 amide bonds. The number of ether oxygens (including phenoxy) is 1. The van der Waals surface area contributed by atoms with Crippen molar-refractivity contribution in [2.45, 2.75) is 58.0 Å². The smallest absolute Gasteiger partial charge is 0.253 e. The molecule has 7 heteroatoms. The molecule has 2 aliphatic rings. The van der Waals surface area contributed by atoms with Gasteiger partial charge in [-0.2, -0.15) is 0 Å². The van der Waals surface area contributed by atoms with E-state index in [9.17, 15) is 18.0 Å². The highest BCUT2D eigenvalue weighted by Crippen LogP contribution is 2.30. The predicted octanol–water partition coefficient (Wildman–Crippen LogP) is 6.49. The Hall–Kier alpha value is -2.54. The number of halogens is 3.